The second-order valence-corrected chi connectivity index (χ2v) is 8.09. The van der Waals surface area contributed by atoms with Crippen LogP contribution in [0.4, 0.5) is 5.13 Å². The van der Waals surface area contributed by atoms with E-state index in [0.717, 1.165) is 33.5 Å². The summed E-state index contributed by atoms with van der Waals surface area (Å²) >= 11 is 7.71. The lowest BCUT2D eigenvalue weighted by molar-refractivity contribution is 0.0732. The highest BCUT2D eigenvalue weighted by Gasteiger charge is 2.26. The molecule has 0 N–H and O–H groups in total. The van der Waals surface area contributed by atoms with Crippen molar-refractivity contribution in [1.29, 1.82) is 0 Å². The van der Waals surface area contributed by atoms with Crippen LogP contribution in [0.2, 0.25) is 5.02 Å². The van der Waals surface area contributed by atoms with Gasteiger partial charge in [0, 0.05) is 43.4 Å². The van der Waals surface area contributed by atoms with E-state index in [2.05, 4.69) is 10.00 Å². The zero-order valence-corrected chi connectivity index (χ0v) is 16.3. The lowest BCUT2D eigenvalue weighted by Crippen LogP contribution is -2.49. The van der Waals surface area contributed by atoms with Gasteiger partial charge in [0.1, 0.15) is 5.69 Å². The molecule has 0 saturated carbocycles. The van der Waals surface area contributed by atoms with Crippen LogP contribution in [0.3, 0.4) is 0 Å². The standard InChI is InChI=1S/C18H20ClN5OS/c1-12(2)24-15(5-6-20-24)17(25)22-7-9-23(10-8-22)18-21-14-4-3-13(19)11-16(14)26-18/h3-6,11-12H,7-10H2,1-2H3. The second-order valence-electron chi connectivity index (χ2n) is 6.64. The third kappa shape index (κ3) is 3.17. The fourth-order valence-corrected chi connectivity index (χ4v) is 4.47. The number of carbonyl (C=O) groups excluding carboxylic acids is 1. The molecule has 136 valence electrons. The second kappa shape index (κ2) is 6.89. The number of hydrogen-bond donors (Lipinski definition) is 0. The van der Waals surface area contributed by atoms with Crippen molar-refractivity contribution in [1.82, 2.24) is 19.7 Å². The van der Waals surface area contributed by atoms with E-state index in [0.29, 0.717) is 18.8 Å². The topological polar surface area (TPSA) is 54.3 Å². The van der Waals surface area contributed by atoms with Crippen molar-refractivity contribution >= 4 is 44.2 Å². The van der Waals surface area contributed by atoms with Crippen LogP contribution in [0.15, 0.2) is 30.5 Å². The first-order valence-electron chi connectivity index (χ1n) is 8.67. The van der Waals surface area contributed by atoms with E-state index in [1.165, 1.54) is 0 Å². The molecule has 8 heteroatoms. The van der Waals surface area contributed by atoms with Crippen LogP contribution in [-0.2, 0) is 0 Å². The summed E-state index contributed by atoms with van der Waals surface area (Å²) in [6.07, 6.45) is 1.69. The average molecular weight is 390 g/mol. The van der Waals surface area contributed by atoms with Gasteiger partial charge in [-0.05, 0) is 38.1 Å². The number of benzene rings is 1. The van der Waals surface area contributed by atoms with E-state index < -0.39 is 0 Å². The van der Waals surface area contributed by atoms with Gasteiger partial charge in [-0.3, -0.25) is 9.48 Å². The molecule has 2 aromatic heterocycles. The van der Waals surface area contributed by atoms with Crippen molar-refractivity contribution in [2.75, 3.05) is 31.1 Å². The van der Waals surface area contributed by atoms with Gasteiger partial charge in [-0.15, -0.1) is 0 Å². The number of carbonyl (C=O) groups is 1. The van der Waals surface area contributed by atoms with Gasteiger partial charge in [0.05, 0.1) is 10.2 Å². The Morgan fingerprint density at radius 2 is 1.96 bits per heavy atom. The highest BCUT2D eigenvalue weighted by Crippen LogP contribution is 2.31. The Kier molecular flexibility index (Phi) is 4.58. The maximum absolute atomic E-state index is 12.8. The Balaban J connectivity index is 1.46. The summed E-state index contributed by atoms with van der Waals surface area (Å²) in [5, 5.41) is 5.98. The zero-order chi connectivity index (χ0) is 18.3. The first kappa shape index (κ1) is 17.3. The number of fused-ring (bicyclic) bond motifs is 1. The maximum Gasteiger partial charge on any atom is 0.272 e. The molecule has 3 aromatic rings. The maximum atomic E-state index is 12.8. The van der Waals surface area contributed by atoms with E-state index in [4.69, 9.17) is 16.6 Å². The van der Waals surface area contributed by atoms with Crippen LogP contribution >= 0.6 is 22.9 Å². The summed E-state index contributed by atoms with van der Waals surface area (Å²) < 4.78 is 2.87. The zero-order valence-electron chi connectivity index (χ0n) is 14.7. The van der Waals surface area contributed by atoms with E-state index in [-0.39, 0.29) is 11.9 Å². The first-order valence-corrected chi connectivity index (χ1v) is 9.86. The quantitative estimate of drug-likeness (QED) is 0.685. The van der Waals surface area contributed by atoms with Crippen LogP contribution in [0, 0.1) is 0 Å². The fourth-order valence-electron chi connectivity index (χ4n) is 3.18. The molecule has 0 bridgehead atoms. The lowest BCUT2D eigenvalue weighted by atomic mass is 10.2. The molecule has 1 aromatic carbocycles. The Bertz CT molecular complexity index is 942. The molecule has 26 heavy (non-hydrogen) atoms. The molecule has 1 amide bonds. The van der Waals surface area contributed by atoms with Gasteiger partial charge in [0.25, 0.3) is 5.91 Å². The van der Waals surface area contributed by atoms with Crippen molar-refractivity contribution in [3.05, 3.63) is 41.2 Å². The van der Waals surface area contributed by atoms with E-state index in [9.17, 15) is 4.79 Å². The van der Waals surface area contributed by atoms with Gasteiger partial charge >= 0.3 is 0 Å². The summed E-state index contributed by atoms with van der Waals surface area (Å²) in [7, 11) is 0. The first-order chi connectivity index (χ1) is 12.5. The van der Waals surface area contributed by atoms with Gasteiger partial charge in [-0.2, -0.15) is 5.10 Å². The molecular formula is C18H20ClN5OS. The van der Waals surface area contributed by atoms with Gasteiger partial charge < -0.3 is 9.80 Å². The predicted molar refractivity (Wildman–Crippen MR) is 105 cm³/mol. The number of rotatable bonds is 3. The molecule has 1 aliphatic rings. The number of anilines is 1. The van der Waals surface area contributed by atoms with Gasteiger partial charge in [-0.25, -0.2) is 4.98 Å². The molecule has 1 saturated heterocycles. The molecular weight excluding hydrogens is 370 g/mol. The third-order valence-electron chi connectivity index (χ3n) is 4.56. The monoisotopic (exact) mass is 389 g/mol. The molecule has 6 nitrogen and oxygen atoms in total. The van der Waals surface area contributed by atoms with Crippen molar-refractivity contribution in [3.8, 4) is 0 Å². The molecule has 0 radical (unpaired) electrons. The van der Waals surface area contributed by atoms with Crippen LogP contribution in [0.5, 0.6) is 0 Å². The van der Waals surface area contributed by atoms with Crippen molar-refractivity contribution in [3.63, 3.8) is 0 Å². The minimum Gasteiger partial charge on any atom is -0.345 e. The number of amides is 1. The molecule has 1 aliphatic heterocycles. The Morgan fingerprint density at radius 1 is 1.19 bits per heavy atom. The van der Waals surface area contributed by atoms with Gasteiger partial charge in [0.15, 0.2) is 5.13 Å². The molecule has 4 rings (SSSR count). The summed E-state index contributed by atoms with van der Waals surface area (Å²) in [5.74, 6) is 0.0481. The molecule has 0 spiro atoms. The number of aromatic nitrogens is 3. The molecule has 3 heterocycles. The Labute approximate surface area is 161 Å². The molecule has 0 aliphatic carbocycles. The fraction of sp³-hybridized carbons (Fsp3) is 0.389. The number of piperazine rings is 1. The van der Waals surface area contributed by atoms with Crippen LogP contribution in [0.1, 0.15) is 30.4 Å². The molecule has 0 unspecified atom stereocenters. The van der Waals surface area contributed by atoms with E-state index >= 15 is 0 Å². The molecule has 0 atom stereocenters. The Hall–Kier alpha value is -2.12. The highest BCUT2D eigenvalue weighted by atomic mass is 35.5. The van der Waals surface area contributed by atoms with Crippen molar-refractivity contribution < 1.29 is 4.79 Å². The average Bonchev–Trinajstić information content (AvgIpc) is 3.28. The minimum atomic E-state index is 0.0481. The Morgan fingerprint density at radius 3 is 2.69 bits per heavy atom. The number of nitrogens with zero attached hydrogens (tertiary/aromatic N) is 5. The van der Waals surface area contributed by atoms with E-state index in [1.807, 2.05) is 36.9 Å². The predicted octanol–water partition coefficient (Wildman–Crippen LogP) is 3.69. The largest absolute Gasteiger partial charge is 0.345 e. The minimum absolute atomic E-state index is 0.0481. The van der Waals surface area contributed by atoms with Gasteiger partial charge in [-0.1, -0.05) is 22.9 Å². The summed E-state index contributed by atoms with van der Waals surface area (Å²) in [6, 6.07) is 7.73. The van der Waals surface area contributed by atoms with E-state index in [1.54, 1.807) is 28.3 Å². The smallest absolute Gasteiger partial charge is 0.272 e. The van der Waals surface area contributed by atoms with Crippen LogP contribution in [-0.4, -0.2) is 51.8 Å². The van der Waals surface area contributed by atoms with Crippen LogP contribution < -0.4 is 4.90 Å². The number of thiazole rings is 1. The molecule has 1 fully saturated rings. The highest BCUT2D eigenvalue weighted by molar-refractivity contribution is 7.22. The van der Waals surface area contributed by atoms with Gasteiger partial charge in [0.2, 0.25) is 0 Å². The lowest BCUT2D eigenvalue weighted by Gasteiger charge is -2.34. The number of halogens is 1. The summed E-state index contributed by atoms with van der Waals surface area (Å²) in [4.78, 5) is 21.7. The summed E-state index contributed by atoms with van der Waals surface area (Å²) in [5.41, 5.74) is 1.62. The third-order valence-corrected chi connectivity index (χ3v) is 5.87. The van der Waals surface area contributed by atoms with Crippen molar-refractivity contribution in [2.24, 2.45) is 0 Å². The summed E-state index contributed by atoms with van der Waals surface area (Å²) in [6.45, 7) is 6.96. The normalized spacial score (nSPS) is 15.2. The van der Waals surface area contributed by atoms with Crippen LogP contribution in [0.25, 0.3) is 10.2 Å². The SMILES string of the molecule is CC(C)n1nccc1C(=O)N1CCN(c2nc3ccc(Cl)cc3s2)CC1. The number of hydrogen-bond acceptors (Lipinski definition) is 5. The van der Waals surface area contributed by atoms with Crippen molar-refractivity contribution in [2.45, 2.75) is 19.9 Å².